The van der Waals surface area contributed by atoms with Gasteiger partial charge in [0.25, 0.3) is 0 Å². The summed E-state index contributed by atoms with van der Waals surface area (Å²) >= 11 is 0. The molecular formula is C13H14F2O. The van der Waals surface area contributed by atoms with Crippen LogP contribution in [0.15, 0.2) is 18.2 Å². The van der Waals surface area contributed by atoms with Gasteiger partial charge in [-0.25, -0.2) is 8.78 Å². The summed E-state index contributed by atoms with van der Waals surface area (Å²) in [4.78, 5) is 11.6. The molecule has 1 aromatic rings. The van der Waals surface area contributed by atoms with E-state index in [9.17, 15) is 13.6 Å². The molecule has 0 atom stereocenters. The number of halogens is 2. The fraction of sp³-hybridized carbons (Fsp3) is 0.462. The van der Waals surface area contributed by atoms with Gasteiger partial charge in [-0.05, 0) is 17.5 Å². The average molecular weight is 224 g/mol. The van der Waals surface area contributed by atoms with Crippen molar-refractivity contribution in [3.63, 3.8) is 0 Å². The van der Waals surface area contributed by atoms with Gasteiger partial charge in [0, 0.05) is 18.9 Å². The summed E-state index contributed by atoms with van der Waals surface area (Å²) in [6.07, 6.45) is 4.04. The fourth-order valence-electron chi connectivity index (χ4n) is 1.97. The molecule has 1 aromatic carbocycles. The van der Waals surface area contributed by atoms with Crippen LogP contribution in [0.4, 0.5) is 8.78 Å². The molecule has 1 saturated carbocycles. The van der Waals surface area contributed by atoms with E-state index < -0.39 is 11.6 Å². The third-order valence-electron chi connectivity index (χ3n) is 3.14. The van der Waals surface area contributed by atoms with E-state index in [-0.39, 0.29) is 12.2 Å². The van der Waals surface area contributed by atoms with Gasteiger partial charge in [-0.1, -0.05) is 25.3 Å². The van der Waals surface area contributed by atoms with Gasteiger partial charge in [-0.3, -0.25) is 4.79 Å². The van der Waals surface area contributed by atoms with Crippen molar-refractivity contribution in [2.24, 2.45) is 5.92 Å². The number of Topliss-reactive ketones (excluding diaryl/α,β-unsaturated/α-hetero) is 1. The van der Waals surface area contributed by atoms with Gasteiger partial charge in [0.15, 0.2) is 0 Å². The minimum atomic E-state index is -0.623. The Morgan fingerprint density at radius 3 is 2.62 bits per heavy atom. The number of carbonyl (C=O) groups excluding carboxylic acids is 1. The van der Waals surface area contributed by atoms with Crippen molar-refractivity contribution in [1.29, 1.82) is 0 Å². The predicted octanol–water partition coefficient (Wildman–Crippen LogP) is 3.27. The monoisotopic (exact) mass is 224 g/mol. The largest absolute Gasteiger partial charge is 0.299 e. The Morgan fingerprint density at radius 1 is 1.31 bits per heavy atom. The molecule has 16 heavy (non-hydrogen) atoms. The molecule has 0 aromatic heterocycles. The highest BCUT2D eigenvalue weighted by Gasteiger charge is 2.21. The van der Waals surface area contributed by atoms with Gasteiger partial charge in [0.2, 0.25) is 0 Å². The quantitative estimate of drug-likeness (QED) is 0.767. The molecular weight excluding hydrogens is 210 g/mol. The Hall–Kier alpha value is -1.25. The molecule has 3 heteroatoms. The number of hydrogen-bond donors (Lipinski definition) is 0. The van der Waals surface area contributed by atoms with Gasteiger partial charge in [-0.15, -0.1) is 0 Å². The molecule has 2 rings (SSSR count). The molecule has 0 heterocycles. The summed E-state index contributed by atoms with van der Waals surface area (Å²) in [6, 6.07) is 3.37. The minimum absolute atomic E-state index is 0.0511. The van der Waals surface area contributed by atoms with E-state index in [1.807, 2.05) is 0 Å². The zero-order chi connectivity index (χ0) is 11.5. The van der Waals surface area contributed by atoms with Crippen LogP contribution in [0.3, 0.4) is 0 Å². The van der Waals surface area contributed by atoms with Crippen molar-refractivity contribution in [1.82, 2.24) is 0 Å². The van der Waals surface area contributed by atoms with Crippen LogP contribution in [0.5, 0.6) is 0 Å². The van der Waals surface area contributed by atoms with E-state index in [0.717, 1.165) is 18.9 Å². The molecule has 0 bridgehead atoms. The lowest BCUT2D eigenvalue weighted by molar-refractivity contribution is -0.119. The predicted molar refractivity (Wildman–Crippen MR) is 57.0 cm³/mol. The Morgan fingerprint density at radius 2 is 2.06 bits per heavy atom. The summed E-state index contributed by atoms with van der Waals surface area (Å²) in [6.45, 7) is 0. The van der Waals surface area contributed by atoms with Gasteiger partial charge < -0.3 is 0 Å². The molecule has 1 aliphatic rings. The first-order valence-electron chi connectivity index (χ1n) is 5.61. The molecule has 0 N–H and O–H groups in total. The fourth-order valence-corrected chi connectivity index (χ4v) is 1.97. The van der Waals surface area contributed by atoms with E-state index in [2.05, 4.69) is 0 Å². The lowest BCUT2D eigenvalue weighted by atomic mass is 9.81. The molecule has 0 amide bonds. The smallest absolute Gasteiger partial charge is 0.137 e. The van der Waals surface area contributed by atoms with E-state index >= 15 is 0 Å². The zero-order valence-corrected chi connectivity index (χ0v) is 9.01. The lowest BCUT2D eigenvalue weighted by Crippen LogP contribution is -2.17. The standard InChI is InChI=1S/C13H14F2O/c14-11-5-4-10(13(15)8-11)7-12(16)6-9-2-1-3-9/h4-5,8-9H,1-3,6-7H2. The van der Waals surface area contributed by atoms with Crippen molar-refractivity contribution >= 4 is 5.78 Å². The second-order valence-corrected chi connectivity index (χ2v) is 4.45. The summed E-state index contributed by atoms with van der Waals surface area (Å²) in [7, 11) is 0. The number of ketones is 1. The zero-order valence-electron chi connectivity index (χ0n) is 9.01. The summed E-state index contributed by atoms with van der Waals surface area (Å²) in [5.74, 6) is -0.680. The Kier molecular flexibility index (Phi) is 3.32. The van der Waals surface area contributed by atoms with Crippen molar-refractivity contribution in [3.8, 4) is 0 Å². The summed E-state index contributed by atoms with van der Waals surface area (Å²) < 4.78 is 25.9. The summed E-state index contributed by atoms with van der Waals surface area (Å²) in [5.41, 5.74) is 0.297. The van der Waals surface area contributed by atoms with E-state index in [0.29, 0.717) is 17.9 Å². The number of rotatable bonds is 4. The second-order valence-electron chi connectivity index (χ2n) is 4.45. The maximum absolute atomic E-state index is 13.3. The normalized spacial score (nSPS) is 15.9. The molecule has 86 valence electrons. The van der Waals surface area contributed by atoms with Gasteiger partial charge in [0.1, 0.15) is 17.4 Å². The molecule has 0 aliphatic heterocycles. The second kappa shape index (κ2) is 4.73. The highest BCUT2D eigenvalue weighted by atomic mass is 19.1. The van der Waals surface area contributed by atoms with Gasteiger partial charge >= 0.3 is 0 Å². The topological polar surface area (TPSA) is 17.1 Å². The van der Waals surface area contributed by atoms with Crippen LogP contribution < -0.4 is 0 Å². The highest BCUT2D eigenvalue weighted by Crippen LogP contribution is 2.29. The van der Waals surface area contributed by atoms with Crippen LogP contribution in [0, 0.1) is 17.6 Å². The van der Waals surface area contributed by atoms with Crippen LogP contribution in [-0.4, -0.2) is 5.78 Å². The Labute approximate surface area is 93.5 Å². The Bertz CT molecular complexity index is 397. The maximum atomic E-state index is 13.3. The van der Waals surface area contributed by atoms with Crippen molar-refractivity contribution in [2.45, 2.75) is 32.1 Å². The van der Waals surface area contributed by atoms with Gasteiger partial charge in [-0.2, -0.15) is 0 Å². The molecule has 0 spiro atoms. The van der Waals surface area contributed by atoms with Gasteiger partial charge in [0.05, 0.1) is 0 Å². The van der Waals surface area contributed by atoms with E-state index in [1.54, 1.807) is 0 Å². The SMILES string of the molecule is O=C(Cc1ccc(F)cc1F)CC1CCC1. The number of benzene rings is 1. The van der Waals surface area contributed by atoms with E-state index in [1.165, 1.54) is 18.6 Å². The van der Waals surface area contributed by atoms with Crippen LogP contribution in [0.1, 0.15) is 31.2 Å². The molecule has 1 fully saturated rings. The Balaban J connectivity index is 1.94. The lowest BCUT2D eigenvalue weighted by Gasteiger charge is -2.24. The van der Waals surface area contributed by atoms with Crippen molar-refractivity contribution in [2.75, 3.05) is 0 Å². The van der Waals surface area contributed by atoms with Crippen LogP contribution in [-0.2, 0) is 11.2 Å². The summed E-state index contributed by atoms with van der Waals surface area (Å²) in [5, 5.41) is 0. The molecule has 0 radical (unpaired) electrons. The molecule has 0 saturated heterocycles. The first-order chi connectivity index (χ1) is 7.65. The van der Waals surface area contributed by atoms with Crippen LogP contribution in [0.25, 0.3) is 0 Å². The van der Waals surface area contributed by atoms with Crippen molar-refractivity contribution < 1.29 is 13.6 Å². The van der Waals surface area contributed by atoms with Crippen LogP contribution in [0.2, 0.25) is 0 Å². The van der Waals surface area contributed by atoms with Crippen LogP contribution >= 0.6 is 0 Å². The third kappa shape index (κ3) is 2.65. The highest BCUT2D eigenvalue weighted by molar-refractivity contribution is 5.81. The van der Waals surface area contributed by atoms with E-state index in [4.69, 9.17) is 0 Å². The average Bonchev–Trinajstić information content (AvgIpc) is 2.16. The number of carbonyl (C=O) groups is 1. The molecule has 1 aliphatic carbocycles. The maximum Gasteiger partial charge on any atom is 0.137 e. The first-order valence-corrected chi connectivity index (χ1v) is 5.61. The first kappa shape index (κ1) is 11.2. The number of hydrogen-bond acceptors (Lipinski definition) is 1. The molecule has 0 unspecified atom stereocenters. The third-order valence-corrected chi connectivity index (χ3v) is 3.14. The van der Waals surface area contributed by atoms with Crippen molar-refractivity contribution in [3.05, 3.63) is 35.4 Å². The molecule has 1 nitrogen and oxygen atoms in total. The minimum Gasteiger partial charge on any atom is -0.299 e.